The number of H-pyrrole nitrogens is 1. The number of rotatable bonds is 0. The van der Waals surface area contributed by atoms with Crippen LogP contribution in [0.5, 0.6) is 0 Å². The molecule has 0 saturated carbocycles. The Balaban J connectivity index is 3.12. The van der Waals surface area contributed by atoms with E-state index in [9.17, 15) is 9.59 Å². The standard InChI is InChI=1S/C8H4ClNO3/c9-5-3-1-2-4-6(5)10-8(12)13-7(4)11/h1-3H,(H,10,12). The Morgan fingerprint density at radius 3 is 2.85 bits per heavy atom. The minimum Gasteiger partial charge on any atom is -0.372 e. The lowest BCUT2D eigenvalue weighted by Crippen LogP contribution is -2.14. The van der Waals surface area contributed by atoms with E-state index in [-0.39, 0.29) is 5.39 Å². The maximum atomic E-state index is 11.1. The first kappa shape index (κ1) is 8.07. The van der Waals surface area contributed by atoms with Gasteiger partial charge < -0.3 is 4.42 Å². The molecule has 66 valence electrons. The number of nitrogens with one attached hydrogen (secondary N) is 1. The predicted octanol–water partition coefficient (Wildman–Crippen LogP) is 1.13. The fourth-order valence-electron chi connectivity index (χ4n) is 1.09. The van der Waals surface area contributed by atoms with Gasteiger partial charge in [-0.15, -0.1) is 0 Å². The molecule has 2 rings (SSSR count). The zero-order valence-corrected chi connectivity index (χ0v) is 7.09. The highest BCUT2D eigenvalue weighted by atomic mass is 35.5. The van der Waals surface area contributed by atoms with Crippen LogP contribution in [-0.2, 0) is 0 Å². The molecule has 0 unspecified atom stereocenters. The van der Waals surface area contributed by atoms with E-state index in [1.54, 1.807) is 12.1 Å². The number of aromatic nitrogens is 1. The molecule has 2 aromatic rings. The van der Waals surface area contributed by atoms with E-state index in [1.165, 1.54) is 6.07 Å². The lowest BCUT2D eigenvalue weighted by molar-refractivity contribution is 0.460. The normalized spacial score (nSPS) is 10.5. The van der Waals surface area contributed by atoms with Crippen LogP contribution in [0.25, 0.3) is 10.9 Å². The molecular formula is C8H4ClNO3. The van der Waals surface area contributed by atoms with Crippen molar-refractivity contribution >= 4 is 22.5 Å². The fraction of sp³-hybridized carbons (Fsp3) is 0. The summed E-state index contributed by atoms with van der Waals surface area (Å²) >= 11 is 5.75. The van der Waals surface area contributed by atoms with E-state index in [0.29, 0.717) is 10.5 Å². The number of hydrogen-bond acceptors (Lipinski definition) is 3. The average Bonchev–Trinajstić information content (AvgIpc) is 2.07. The van der Waals surface area contributed by atoms with Crippen LogP contribution in [0.3, 0.4) is 0 Å². The third-order valence-electron chi connectivity index (χ3n) is 1.65. The monoisotopic (exact) mass is 197 g/mol. The largest absolute Gasteiger partial charge is 0.419 e. The highest BCUT2D eigenvalue weighted by Gasteiger charge is 2.04. The molecule has 0 bridgehead atoms. The molecule has 4 nitrogen and oxygen atoms in total. The molecule has 0 radical (unpaired) electrons. The van der Waals surface area contributed by atoms with Gasteiger partial charge >= 0.3 is 11.4 Å². The van der Waals surface area contributed by atoms with Crippen molar-refractivity contribution in [3.63, 3.8) is 0 Å². The van der Waals surface area contributed by atoms with E-state index in [0.717, 1.165) is 0 Å². The Bertz CT molecular complexity index is 569. The molecule has 1 heterocycles. The fourth-order valence-corrected chi connectivity index (χ4v) is 1.31. The maximum Gasteiger partial charge on any atom is 0.419 e. The maximum absolute atomic E-state index is 11.1. The summed E-state index contributed by atoms with van der Waals surface area (Å²) in [5.41, 5.74) is -0.369. The summed E-state index contributed by atoms with van der Waals surface area (Å²) in [5, 5.41) is 0.592. The van der Waals surface area contributed by atoms with Gasteiger partial charge in [0.05, 0.1) is 15.9 Å². The van der Waals surface area contributed by atoms with Crippen molar-refractivity contribution in [3.05, 3.63) is 44.2 Å². The van der Waals surface area contributed by atoms with Gasteiger partial charge in [0.15, 0.2) is 0 Å². The predicted molar refractivity (Wildman–Crippen MR) is 48.1 cm³/mol. The van der Waals surface area contributed by atoms with Crippen molar-refractivity contribution in [3.8, 4) is 0 Å². The number of halogens is 1. The summed E-state index contributed by atoms with van der Waals surface area (Å²) in [5.74, 6) is -0.800. The Morgan fingerprint density at radius 1 is 1.31 bits per heavy atom. The number of fused-ring (bicyclic) bond motifs is 1. The SMILES string of the molecule is O=c1[nH]c2c(Cl)cccc2c(=O)o1. The highest BCUT2D eigenvalue weighted by molar-refractivity contribution is 6.34. The minimum absolute atomic E-state index is 0.270. The van der Waals surface area contributed by atoms with Crippen molar-refractivity contribution in [2.24, 2.45) is 0 Å². The lowest BCUT2D eigenvalue weighted by atomic mass is 10.2. The van der Waals surface area contributed by atoms with E-state index < -0.39 is 11.4 Å². The second-order valence-corrected chi connectivity index (χ2v) is 2.87. The second kappa shape index (κ2) is 2.74. The number of aromatic amines is 1. The molecule has 1 N–H and O–H groups in total. The Hall–Kier alpha value is -1.55. The molecular weight excluding hydrogens is 194 g/mol. The molecule has 0 amide bonds. The molecule has 0 spiro atoms. The summed E-state index contributed by atoms with van der Waals surface area (Å²) in [4.78, 5) is 24.2. The van der Waals surface area contributed by atoms with Crippen LogP contribution >= 0.6 is 11.6 Å². The smallest absolute Gasteiger partial charge is 0.372 e. The minimum atomic E-state index is -0.800. The van der Waals surface area contributed by atoms with Gasteiger partial charge in [0, 0.05) is 0 Å². The lowest BCUT2D eigenvalue weighted by Gasteiger charge is -1.95. The molecule has 5 heteroatoms. The van der Waals surface area contributed by atoms with E-state index in [4.69, 9.17) is 11.6 Å². The van der Waals surface area contributed by atoms with Gasteiger partial charge in [-0.2, -0.15) is 0 Å². The van der Waals surface area contributed by atoms with Crippen molar-refractivity contribution in [1.29, 1.82) is 0 Å². The van der Waals surface area contributed by atoms with Gasteiger partial charge in [-0.05, 0) is 12.1 Å². The van der Waals surface area contributed by atoms with E-state index in [2.05, 4.69) is 9.40 Å². The third kappa shape index (κ3) is 1.25. The molecule has 0 atom stereocenters. The molecule has 1 aromatic heterocycles. The van der Waals surface area contributed by atoms with Crippen molar-refractivity contribution in [2.75, 3.05) is 0 Å². The van der Waals surface area contributed by atoms with Gasteiger partial charge in [0.1, 0.15) is 0 Å². The van der Waals surface area contributed by atoms with Crippen LogP contribution < -0.4 is 11.4 Å². The van der Waals surface area contributed by atoms with Crippen molar-refractivity contribution < 1.29 is 4.42 Å². The van der Waals surface area contributed by atoms with Crippen LogP contribution in [0.2, 0.25) is 5.02 Å². The molecule has 1 aromatic carbocycles. The summed E-state index contributed by atoms with van der Waals surface area (Å²) in [6, 6.07) is 4.72. The first-order chi connectivity index (χ1) is 6.18. The molecule has 0 fully saturated rings. The first-order valence-electron chi connectivity index (χ1n) is 3.50. The van der Waals surface area contributed by atoms with Crippen molar-refractivity contribution in [2.45, 2.75) is 0 Å². The Kier molecular flexibility index (Phi) is 1.70. The molecule has 0 saturated heterocycles. The molecule has 0 aliphatic rings. The van der Waals surface area contributed by atoms with Crippen LogP contribution in [0.4, 0.5) is 0 Å². The summed E-state index contributed by atoms with van der Waals surface area (Å²) in [6.07, 6.45) is 0. The topological polar surface area (TPSA) is 63.1 Å². The molecule has 13 heavy (non-hydrogen) atoms. The Labute approximate surface area is 76.8 Å². The summed E-state index contributed by atoms with van der Waals surface area (Å²) in [6.45, 7) is 0. The Morgan fingerprint density at radius 2 is 2.08 bits per heavy atom. The number of para-hydroxylation sites is 1. The highest BCUT2D eigenvalue weighted by Crippen LogP contribution is 2.16. The van der Waals surface area contributed by atoms with Gasteiger partial charge in [-0.3, -0.25) is 4.98 Å². The van der Waals surface area contributed by atoms with Crippen molar-refractivity contribution in [1.82, 2.24) is 4.98 Å². The van der Waals surface area contributed by atoms with Gasteiger partial charge in [-0.25, -0.2) is 9.59 Å². The first-order valence-corrected chi connectivity index (χ1v) is 3.88. The third-order valence-corrected chi connectivity index (χ3v) is 1.96. The zero-order chi connectivity index (χ0) is 9.42. The average molecular weight is 198 g/mol. The molecule has 0 aliphatic carbocycles. The number of benzene rings is 1. The van der Waals surface area contributed by atoms with Crippen LogP contribution in [0, 0.1) is 0 Å². The van der Waals surface area contributed by atoms with E-state index in [1.807, 2.05) is 0 Å². The number of hydrogen-bond donors (Lipinski definition) is 1. The zero-order valence-electron chi connectivity index (χ0n) is 6.33. The van der Waals surface area contributed by atoms with Crippen LogP contribution in [0.15, 0.2) is 32.2 Å². The van der Waals surface area contributed by atoms with Gasteiger partial charge in [0.25, 0.3) is 0 Å². The summed E-state index contributed by atoms with van der Waals surface area (Å²) < 4.78 is 4.32. The van der Waals surface area contributed by atoms with Crippen LogP contribution in [-0.4, -0.2) is 4.98 Å². The van der Waals surface area contributed by atoms with E-state index >= 15 is 0 Å². The quantitative estimate of drug-likeness (QED) is 0.689. The summed E-state index contributed by atoms with van der Waals surface area (Å²) in [7, 11) is 0. The van der Waals surface area contributed by atoms with Gasteiger partial charge in [-0.1, -0.05) is 17.7 Å². The molecule has 0 aliphatic heterocycles. The second-order valence-electron chi connectivity index (χ2n) is 2.46. The van der Waals surface area contributed by atoms with Gasteiger partial charge in [0.2, 0.25) is 0 Å². The van der Waals surface area contributed by atoms with Crippen LogP contribution in [0.1, 0.15) is 0 Å².